The highest BCUT2D eigenvalue weighted by molar-refractivity contribution is 5.88. The van der Waals surface area contributed by atoms with E-state index in [-0.39, 0.29) is 24.6 Å². The first kappa shape index (κ1) is 17.2. The number of nitrogens with zero attached hydrogens (tertiary/aromatic N) is 3. The van der Waals surface area contributed by atoms with E-state index >= 15 is 0 Å². The zero-order chi connectivity index (χ0) is 19.1. The van der Waals surface area contributed by atoms with Crippen molar-refractivity contribution in [2.45, 2.75) is 31.8 Å². The lowest BCUT2D eigenvalue weighted by Crippen LogP contribution is -2.52. The third-order valence-corrected chi connectivity index (χ3v) is 5.76. The molecule has 144 valence electrons. The highest BCUT2D eigenvalue weighted by Crippen LogP contribution is 2.37. The average molecular weight is 377 g/mol. The Morgan fingerprint density at radius 3 is 3.07 bits per heavy atom. The number of nitrogens with one attached hydrogen (secondary N) is 2. The monoisotopic (exact) mass is 377 g/mol. The van der Waals surface area contributed by atoms with E-state index in [1.165, 1.54) is 11.1 Å². The van der Waals surface area contributed by atoms with Crippen LogP contribution in [-0.2, 0) is 16.0 Å². The number of fused-ring (bicyclic) bond motifs is 2. The van der Waals surface area contributed by atoms with Crippen molar-refractivity contribution in [2.24, 2.45) is 0 Å². The van der Waals surface area contributed by atoms with Crippen LogP contribution in [0.5, 0.6) is 0 Å². The molecule has 2 aromatic heterocycles. The molecule has 3 aromatic rings. The van der Waals surface area contributed by atoms with E-state index < -0.39 is 0 Å². The second-order valence-electron chi connectivity index (χ2n) is 7.50. The van der Waals surface area contributed by atoms with Crippen LogP contribution in [0.25, 0.3) is 11.0 Å². The third-order valence-electron chi connectivity index (χ3n) is 5.76. The van der Waals surface area contributed by atoms with Crippen molar-refractivity contribution in [2.75, 3.05) is 25.1 Å². The van der Waals surface area contributed by atoms with Gasteiger partial charge in [-0.2, -0.15) is 0 Å². The standard InChI is InChI=1S/C21H23N5O2/c1-13-10-16-20(24-13)22-12-23-21(16)25-19-15-5-3-2-4-14(15)6-7-17(19)26-8-9-28-11-18(26)27/h2-5,10,12,17,19H,6-9,11H2,1H3,(H2,22,23,24,25). The lowest BCUT2D eigenvalue weighted by Gasteiger charge is -2.42. The van der Waals surface area contributed by atoms with E-state index in [0.717, 1.165) is 35.4 Å². The summed E-state index contributed by atoms with van der Waals surface area (Å²) in [6.45, 7) is 3.40. The Kier molecular flexibility index (Phi) is 4.24. The molecule has 2 atom stereocenters. The van der Waals surface area contributed by atoms with E-state index in [1.807, 2.05) is 11.8 Å². The number of aromatic amines is 1. The lowest BCUT2D eigenvalue weighted by molar-refractivity contribution is -0.146. The molecule has 1 aliphatic carbocycles. The maximum Gasteiger partial charge on any atom is 0.248 e. The summed E-state index contributed by atoms with van der Waals surface area (Å²) in [5, 5.41) is 4.62. The summed E-state index contributed by atoms with van der Waals surface area (Å²) in [5.74, 6) is 0.856. The van der Waals surface area contributed by atoms with Crippen LogP contribution in [0.2, 0.25) is 0 Å². The molecule has 0 radical (unpaired) electrons. The lowest BCUT2D eigenvalue weighted by atomic mass is 9.83. The van der Waals surface area contributed by atoms with Crippen LogP contribution < -0.4 is 5.32 Å². The number of H-pyrrole nitrogens is 1. The number of hydrogen-bond donors (Lipinski definition) is 2. The minimum atomic E-state index is -0.0275. The Labute approximate surface area is 163 Å². The smallest absolute Gasteiger partial charge is 0.248 e. The number of hydrogen-bond acceptors (Lipinski definition) is 5. The molecule has 5 rings (SSSR count). The molecule has 2 N–H and O–H groups in total. The van der Waals surface area contributed by atoms with Gasteiger partial charge in [0.15, 0.2) is 0 Å². The van der Waals surface area contributed by atoms with Gasteiger partial charge >= 0.3 is 0 Å². The number of aromatic nitrogens is 3. The maximum absolute atomic E-state index is 12.6. The van der Waals surface area contributed by atoms with Gasteiger partial charge in [0.05, 0.1) is 24.1 Å². The van der Waals surface area contributed by atoms with Crippen molar-refractivity contribution >= 4 is 22.8 Å². The van der Waals surface area contributed by atoms with E-state index in [9.17, 15) is 4.79 Å². The highest BCUT2D eigenvalue weighted by atomic mass is 16.5. The maximum atomic E-state index is 12.6. The number of carbonyl (C=O) groups excluding carboxylic acids is 1. The summed E-state index contributed by atoms with van der Waals surface area (Å²) in [5.41, 5.74) is 4.42. The van der Waals surface area contributed by atoms with Crippen LogP contribution in [0.4, 0.5) is 5.82 Å². The highest BCUT2D eigenvalue weighted by Gasteiger charge is 2.37. The molecule has 0 saturated carbocycles. The van der Waals surface area contributed by atoms with E-state index in [0.29, 0.717) is 13.2 Å². The topological polar surface area (TPSA) is 83.1 Å². The second kappa shape index (κ2) is 6.91. The van der Waals surface area contributed by atoms with E-state index in [1.54, 1.807) is 6.33 Å². The predicted octanol–water partition coefficient (Wildman–Crippen LogP) is 2.59. The summed E-state index contributed by atoms with van der Waals surface area (Å²) >= 11 is 0. The summed E-state index contributed by atoms with van der Waals surface area (Å²) in [4.78, 5) is 26.7. The minimum absolute atomic E-state index is 0.0275. The first-order valence-corrected chi connectivity index (χ1v) is 9.72. The van der Waals surface area contributed by atoms with Crippen molar-refractivity contribution in [3.8, 4) is 0 Å². The van der Waals surface area contributed by atoms with Gasteiger partial charge in [0, 0.05) is 12.2 Å². The van der Waals surface area contributed by atoms with Gasteiger partial charge in [0.1, 0.15) is 24.4 Å². The largest absolute Gasteiger partial charge is 0.370 e. The zero-order valence-corrected chi connectivity index (χ0v) is 15.8. The molecule has 3 heterocycles. The molecule has 0 bridgehead atoms. The van der Waals surface area contributed by atoms with Crippen molar-refractivity contribution in [3.05, 3.63) is 53.5 Å². The molecular weight excluding hydrogens is 354 g/mol. The molecule has 28 heavy (non-hydrogen) atoms. The molecule has 2 aliphatic rings. The van der Waals surface area contributed by atoms with Crippen molar-refractivity contribution in [3.63, 3.8) is 0 Å². The molecule has 1 fully saturated rings. The normalized spacial score (nSPS) is 22.3. The second-order valence-corrected chi connectivity index (χ2v) is 7.50. The number of rotatable bonds is 3. The summed E-state index contributed by atoms with van der Waals surface area (Å²) in [6.07, 6.45) is 3.46. The van der Waals surface area contributed by atoms with Gasteiger partial charge in [-0.05, 0) is 37.0 Å². The Morgan fingerprint density at radius 1 is 1.29 bits per heavy atom. The molecule has 1 aromatic carbocycles. The molecule has 1 amide bonds. The van der Waals surface area contributed by atoms with Crippen molar-refractivity contribution in [1.29, 1.82) is 0 Å². The number of morpholine rings is 1. The fourth-order valence-corrected chi connectivity index (χ4v) is 4.47. The number of ether oxygens (including phenoxy) is 1. The first-order chi connectivity index (χ1) is 13.7. The summed E-state index contributed by atoms with van der Waals surface area (Å²) in [7, 11) is 0. The average Bonchev–Trinajstić information content (AvgIpc) is 3.10. The van der Waals surface area contributed by atoms with Crippen molar-refractivity contribution in [1.82, 2.24) is 19.9 Å². The van der Waals surface area contributed by atoms with E-state index in [2.05, 4.69) is 50.6 Å². The molecule has 1 aliphatic heterocycles. The Balaban J connectivity index is 1.56. The van der Waals surface area contributed by atoms with Crippen LogP contribution in [-0.4, -0.2) is 51.6 Å². The fraction of sp³-hybridized carbons (Fsp3) is 0.381. The van der Waals surface area contributed by atoms with Crippen LogP contribution in [0, 0.1) is 6.92 Å². The van der Waals surface area contributed by atoms with Gasteiger partial charge in [-0.3, -0.25) is 4.79 Å². The van der Waals surface area contributed by atoms with Gasteiger partial charge in [-0.25, -0.2) is 9.97 Å². The molecular formula is C21H23N5O2. The number of benzene rings is 1. The quantitative estimate of drug-likeness (QED) is 0.733. The third kappa shape index (κ3) is 2.92. The Bertz CT molecular complexity index is 1030. The number of carbonyl (C=O) groups is 1. The van der Waals surface area contributed by atoms with Gasteiger partial charge in [-0.1, -0.05) is 24.3 Å². The fourth-order valence-electron chi connectivity index (χ4n) is 4.47. The van der Waals surface area contributed by atoms with Crippen LogP contribution >= 0.6 is 0 Å². The first-order valence-electron chi connectivity index (χ1n) is 9.72. The molecule has 0 spiro atoms. The Hall–Kier alpha value is -2.93. The summed E-state index contributed by atoms with van der Waals surface area (Å²) in [6, 6.07) is 10.6. The predicted molar refractivity (Wildman–Crippen MR) is 106 cm³/mol. The van der Waals surface area contributed by atoms with Crippen LogP contribution in [0.3, 0.4) is 0 Å². The van der Waals surface area contributed by atoms with Crippen LogP contribution in [0.15, 0.2) is 36.7 Å². The molecule has 2 unspecified atom stereocenters. The number of aryl methyl sites for hydroxylation is 2. The summed E-state index contributed by atoms with van der Waals surface area (Å²) < 4.78 is 5.35. The minimum Gasteiger partial charge on any atom is -0.370 e. The van der Waals surface area contributed by atoms with E-state index in [4.69, 9.17) is 4.74 Å². The molecule has 7 nitrogen and oxygen atoms in total. The SMILES string of the molecule is Cc1cc2c(NC3c4ccccc4CCC3N3CCOCC3=O)ncnc2[nH]1. The number of anilines is 1. The van der Waals surface area contributed by atoms with Gasteiger partial charge in [-0.15, -0.1) is 0 Å². The van der Waals surface area contributed by atoms with Crippen LogP contribution in [0.1, 0.15) is 29.3 Å². The van der Waals surface area contributed by atoms with Crippen molar-refractivity contribution < 1.29 is 9.53 Å². The number of amides is 1. The molecule has 7 heteroatoms. The zero-order valence-electron chi connectivity index (χ0n) is 15.8. The van der Waals surface area contributed by atoms with Gasteiger partial charge < -0.3 is 19.9 Å². The Morgan fingerprint density at radius 2 is 2.18 bits per heavy atom. The van der Waals surface area contributed by atoms with Gasteiger partial charge in [0.25, 0.3) is 0 Å². The molecule has 1 saturated heterocycles. The van der Waals surface area contributed by atoms with Gasteiger partial charge in [0.2, 0.25) is 5.91 Å².